The Morgan fingerprint density at radius 2 is 2.35 bits per heavy atom. The van der Waals surface area contributed by atoms with Crippen LogP contribution in [0, 0.1) is 0 Å². The molecule has 0 bridgehead atoms. The summed E-state index contributed by atoms with van der Waals surface area (Å²) in [6, 6.07) is 5.51. The van der Waals surface area contributed by atoms with Crippen molar-refractivity contribution in [3.05, 3.63) is 41.5 Å². The third kappa shape index (κ3) is 2.65. The van der Waals surface area contributed by atoms with Gasteiger partial charge in [0, 0.05) is 18.7 Å². The Balaban J connectivity index is 2.11. The van der Waals surface area contributed by atoms with Gasteiger partial charge in [0.2, 0.25) is 0 Å². The van der Waals surface area contributed by atoms with Crippen molar-refractivity contribution in [2.24, 2.45) is 5.73 Å². The Bertz CT molecular complexity index is 455. The summed E-state index contributed by atoms with van der Waals surface area (Å²) in [7, 11) is 0. The van der Waals surface area contributed by atoms with E-state index in [1.807, 2.05) is 6.07 Å². The molecule has 0 saturated heterocycles. The van der Waals surface area contributed by atoms with Gasteiger partial charge in [-0.15, -0.1) is 0 Å². The lowest BCUT2D eigenvalue weighted by Crippen LogP contribution is -2.31. The number of hydrogen-bond acceptors (Lipinski definition) is 3. The molecule has 0 radical (unpaired) electrons. The fourth-order valence-corrected chi connectivity index (χ4v) is 1.74. The molecule has 1 aliphatic rings. The van der Waals surface area contributed by atoms with Gasteiger partial charge in [-0.3, -0.25) is 4.79 Å². The zero-order chi connectivity index (χ0) is 12.3. The van der Waals surface area contributed by atoms with Crippen molar-refractivity contribution in [1.29, 1.82) is 0 Å². The molecular formula is C13H16N2O2. The van der Waals surface area contributed by atoms with E-state index in [0.29, 0.717) is 19.7 Å². The Labute approximate surface area is 100 Å². The first-order valence-corrected chi connectivity index (χ1v) is 5.61. The number of benzene rings is 1. The molecule has 1 amide bonds. The van der Waals surface area contributed by atoms with Gasteiger partial charge in [0.15, 0.2) is 0 Å². The quantitative estimate of drug-likeness (QED) is 0.757. The van der Waals surface area contributed by atoms with E-state index in [2.05, 4.69) is 11.9 Å². The summed E-state index contributed by atoms with van der Waals surface area (Å²) in [5, 5.41) is 2.81. The van der Waals surface area contributed by atoms with Crippen LogP contribution in [0.1, 0.15) is 15.9 Å². The van der Waals surface area contributed by atoms with Gasteiger partial charge in [0.25, 0.3) is 5.91 Å². The van der Waals surface area contributed by atoms with Crippen molar-refractivity contribution in [1.82, 2.24) is 5.32 Å². The predicted octanol–water partition coefficient (Wildman–Crippen LogP) is 0.866. The number of fused-ring (bicyclic) bond motifs is 1. The zero-order valence-electron chi connectivity index (χ0n) is 9.66. The van der Waals surface area contributed by atoms with Crippen LogP contribution in [0.3, 0.4) is 0 Å². The van der Waals surface area contributed by atoms with E-state index in [9.17, 15) is 4.79 Å². The minimum atomic E-state index is -0.0100. The lowest BCUT2D eigenvalue weighted by Gasteiger charge is -2.17. The Morgan fingerprint density at radius 1 is 1.53 bits per heavy atom. The van der Waals surface area contributed by atoms with Crippen LogP contribution in [0.5, 0.6) is 5.75 Å². The fraction of sp³-hybridized carbons (Fsp3) is 0.308. The van der Waals surface area contributed by atoms with E-state index in [0.717, 1.165) is 28.9 Å². The van der Waals surface area contributed by atoms with E-state index in [1.54, 1.807) is 12.1 Å². The Morgan fingerprint density at radius 3 is 3.12 bits per heavy atom. The van der Waals surface area contributed by atoms with E-state index < -0.39 is 0 Å². The van der Waals surface area contributed by atoms with Gasteiger partial charge in [0.05, 0.1) is 0 Å². The minimum Gasteiger partial charge on any atom is -0.489 e. The first-order chi connectivity index (χ1) is 8.20. The second kappa shape index (κ2) is 5.01. The predicted molar refractivity (Wildman–Crippen MR) is 66.2 cm³/mol. The molecule has 2 rings (SSSR count). The van der Waals surface area contributed by atoms with Gasteiger partial charge >= 0.3 is 0 Å². The first-order valence-electron chi connectivity index (χ1n) is 5.61. The van der Waals surface area contributed by atoms with E-state index >= 15 is 0 Å². The summed E-state index contributed by atoms with van der Waals surface area (Å²) in [5.74, 6) is 0.747. The Kier molecular flexibility index (Phi) is 3.44. The monoisotopic (exact) mass is 232 g/mol. The molecule has 0 spiro atoms. The van der Waals surface area contributed by atoms with Crippen molar-refractivity contribution >= 4 is 5.91 Å². The largest absolute Gasteiger partial charge is 0.489 e. The third-order valence-corrected chi connectivity index (χ3v) is 2.73. The average molecular weight is 232 g/mol. The molecule has 17 heavy (non-hydrogen) atoms. The highest BCUT2D eigenvalue weighted by Crippen LogP contribution is 2.20. The number of amides is 1. The van der Waals surface area contributed by atoms with Crippen LogP contribution in [0.2, 0.25) is 0 Å². The highest BCUT2D eigenvalue weighted by atomic mass is 16.5. The molecule has 1 aromatic rings. The molecule has 0 fully saturated rings. The van der Waals surface area contributed by atoms with E-state index in [-0.39, 0.29) is 5.91 Å². The highest BCUT2D eigenvalue weighted by molar-refractivity contribution is 5.96. The third-order valence-electron chi connectivity index (χ3n) is 2.73. The van der Waals surface area contributed by atoms with Gasteiger partial charge in [0.1, 0.15) is 12.4 Å². The molecule has 1 aliphatic heterocycles. The molecule has 1 heterocycles. The van der Waals surface area contributed by atoms with Crippen molar-refractivity contribution in [2.75, 3.05) is 19.7 Å². The molecule has 0 unspecified atom stereocenters. The van der Waals surface area contributed by atoms with Crippen LogP contribution in [-0.2, 0) is 6.42 Å². The molecule has 1 aromatic carbocycles. The van der Waals surface area contributed by atoms with Crippen LogP contribution in [0.15, 0.2) is 30.4 Å². The van der Waals surface area contributed by atoms with Crippen LogP contribution in [0.4, 0.5) is 0 Å². The number of carbonyl (C=O) groups is 1. The van der Waals surface area contributed by atoms with Gasteiger partial charge in [-0.1, -0.05) is 6.58 Å². The van der Waals surface area contributed by atoms with Crippen LogP contribution < -0.4 is 15.8 Å². The van der Waals surface area contributed by atoms with E-state index in [1.165, 1.54) is 0 Å². The van der Waals surface area contributed by atoms with Crippen LogP contribution >= 0.6 is 0 Å². The van der Waals surface area contributed by atoms with Crippen molar-refractivity contribution < 1.29 is 9.53 Å². The van der Waals surface area contributed by atoms with Crippen molar-refractivity contribution in [2.45, 2.75) is 6.42 Å². The summed E-state index contributed by atoms with van der Waals surface area (Å²) >= 11 is 0. The second-order valence-electron chi connectivity index (χ2n) is 4.07. The molecule has 3 N–H and O–H groups in total. The molecule has 90 valence electrons. The molecule has 4 heteroatoms. The van der Waals surface area contributed by atoms with Gasteiger partial charge in [-0.25, -0.2) is 0 Å². The summed E-state index contributed by atoms with van der Waals surface area (Å²) in [6.45, 7) is 5.30. The lowest BCUT2D eigenvalue weighted by atomic mass is 10.0. The maximum atomic E-state index is 11.5. The number of ether oxygens (including phenoxy) is 1. The summed E-state index contributed by atoms with van der Waals surface area (Å²) in [5.41, 5.74) is 8.05. The molecule has 0 aromatic heterocycles. The fourth-order valence-electron chi connectivity index (χ4n) is 1.74. The number of hydrogen-bond donors (Lipinski definition) is 2. The molecular weight excluding hydrogens is 216 g/mol. The molecule has 0 atom stereocenters. The standard InChI is InChI=1S/C13H16N2O2/c1-9(7-14)8-17-11-2-3-12-10(6-11)4-5-15-13(12)16/h2-3,6H,1,4-5,7-8,14H2,(H,15,16). The summed E-state index contributed by atoms with van der Waals surface area (Å²) in [4.78, 5) is 11.5. The van der Waals surface area contributed by atoms with Crippen molar-refractivity contribution in [3.63, 3.8) is 0 Å². The van der Waals surface area contributed by atoms with Crippen LogP contribution in [0.25, 0.3) is 0 Å². The average Bonchev–Trinajstić information content (AvgIpc) is 2.36. The molecule has 0 saturated carbocycles. The maximum absolute atomic E-state index is 11.5. The zero-order valence-corrected chi connectivity index (χ0v) is 9.66. The number of carbonyl (C=O) groups excluding carboxylic acids is 1. The normalized spacial score (nSPS) is 13.8. The van der Waals surface area contributed by atoms with Gasteiger partial charge in [-0.05, 0) is 35.8 Å². The lowest BCUT2D eigenvalue weighted by molar-refractivity contribution is 0.0946. The van der Waals surface area contributed by atoms with Crippen LogP contribution in [-0.4, -0.2) is 25.6 Å². The maximum Gasteiger partial charge on any atom is 0.251 e. The Hall–Kier alpha value is -1.81. The summed E-state index contributed by atoms with van der Waals surface area (Å²) in [6.07, 6.45) is 0.843. The van der Waals surface area contributed by atoms with E-state index in [4.69, 9.17) is 10.5 Å². The van der Waals surface area contributed by atoms with Gasteiger partial charge in [-0.2, -0.15) is 0 Å². The smallest absolute Gasteiger partial charge is 0.251 e. The molecule has 4 nitrogen and oxygen atoms in total. The second-order valence-corrected chi connectivity index (χ2v) is 4.07. The topological polar surface area (TPSA) is 64.3 Å². The molecule has 0 aliphatic carbocycles. The first kappa shape index (κ1) is 11.7. The number of nitrogens with two attached hydrogens (primary N) is 1. The minimum absolute atomic E-state index is 0.0100. The van der Waals surface area contributed by atoms with Gasteiger partial charge < -0.3 is 15.8 Å². The number of rotatable bonds is 4. The SMILES string of the molecule is C=C(CN)COc1ccc2c(c1)CCNC2=O. The summed E-state index contributed by atoms with van der Waals surface area (Å²) < 4.78 is 5.55. The highest BCUT2D eigenvalue weighted by Gasteiger charge is 2.16. The number of nitrogens with one attached hydrogen (secondary N) is 1. The van der Waals surface area contributed by atoms with Crippen molar-refractivity contribution in [3.8, 4) is 5.75 Å².